The highest BCUT2D eigenvalue weighted by molar-refractivity contribution is 5.83. The molecule has 0 saturated carbocycles. The lowest BCUT2D eigenvalue weighted by Crippen LogP contribution is -2.45. The zero-order chi connectivity index (χ0) is 25.8. The molecule has 0 spiro atoms. The van der Waals surface area contributed by atoms with E-state index >= 15 is 0 Å². The van der Waals surface area contributed by atoms with Crippen molar-refractivity contribution in [3.05, 3.63) is 77.2 Å². The predicted octanol–water partition coefficient (Wildman–Crippen LogP) is 4.80. The van der Waals surface area contributed by atoms with Crippen LogP contribution in [0, 0.1) is 6.92 Å². The second kappa shape index (κ2) is 10.9. The van der Waals surface area contributed by atoms with E-state index in [1.165, 1.54) is 5.56 Å². The molecule has 4 aromatic rings. The van der Waals surface area contributed by atoms with Crippen molar-refractivity contribution in [2.75, 3.05) is 49.2 Å². The molecule has 190 valence electrons. The number of para-hydroxylation sites is 1. The first-order chi connectivity index (χ1) is 18.0. The normalized spacial score (nSPS) is 15.4. The smallest absolute Gasteiger partial charge is 0.222 e. The van der Waals surface area contributed by atoms with Gasteiger partial charge in [-0.1, -0.05) is 31.2 Å². The number of anilines is 3. The van der Waals surface area contributed by atoms with Gasteiger partial charge in [0.1, 0.15) is 11.6 Å². The number of hydrogen-bond acceptors (Lipinski definition) is 8. The first kappa shape index (κ1) is 24.6. The monoisotopic (exact) mass is 494 g/mol. The SMILES string of the molecule is CCC(Nc1nc(N)nc(C)c1/C=C/c1ccccn1)c1cc2ccccc2nc1N1CCN(C)CC1. The summed E-state index contributed by atoms with van der Waals surface area (Å²) in [6.45, 7) is 8.06. The Kier molecular flexibility index (Phi) is 7.28. The van der Waals surface area contributed by atoms with Gasteiger partial charge >= 0.3 is 0 Å². The van der Waals surface area contributed by atoms with Crippen LogP contribution in [0.1, 0.15) is 41.9 Å². The summed E-state index contributed by atoms with van der Waals surface area (Å²) in [6, 6.07) is 16.4. The van der Waals surface area contributed by atoms with Gasteiger partial charge in [-0.15, -0.1) is 0 Å². The van der Waals surface area contributed by atoms with E-state index in [1.54, 1.807) is 6.20 Å². The fourth-order valence-electron chi connectivity index (χ4n) is 4.77. The molecule has 1 aromatic carbocycles. The molecular weight excluding hydrogens is 460 g/mol. The molecule has 1 fully saturated rings. The number of nitrogens with two attached hydrogens (primary N) is 1. The summed E-state index contributed by atoms with van der Waals surface area (Å²) in [6.07, 6.45) is 6.62. The second-order valence-corrected chi connectivity index (χ2v) is 9.51. The minimum absolute atomic E-state index is 0.0116. The Labute approximate surface area is 218 Å². The topological polar surface area (TPSA) is 96.1 Å². The van der Waals surface area contributed by atoms with E-state index in [-0.39, 0.29) is 12.0 Å². The number of fused-ring (bicyclic) bond motifs is 1. The van der Waals surface area contributed by atoms with Crippen molar-refractivity contribution in [3.8, 4) is 0 Å². The maximum Gasteiger partial charge on any atom is 0.222 e. The lowest BCUT2D eigenvalue weighted by Gasteiger charge is -2.35. The van der Waals surface area contributed by atoms with Gasteiger partial charge in [-0.25, -0.2) is 9.97 Å². The fourth-order valence-corrected chi connectivity index (χ4v) is 4.77. The van der Waals surface area contributed by atoms with Crippen LogP contribution in [0.3, 0.4) is 0 Å². The van der Waals surface area contributed by atoms with Crippen LogP contribution in [0.25, 0.3) is 23.1 Å². The van der Waals surface area contributed by atoms with Crippen molar-refractivity contribution >= 4 is 40.6 Å². The Hall–Kier alpha value is -4.04. The molecule has 0 amide bonds. The van der Waals surface area contributed by atoms with E-state index in [0.29, 0.717) is 5.82 Å². The lowest BCUT2D eigenvalue weighted by atomic mass is 10.0. The zero-order valence-corrected chi connectivity index (χ0v) is 21.7. The third-order valence-electron chi connectivity index (χ3n) is 6.89. The molecule has 4 heterocycles. The van der Waals surface area contributed by atoms with Gasteiger partial charge in [0.25, 0.3) is 0 Å². The Balaban J connectivity index is 1.55. The van der Waals surface area contributed by atoms with Gasteiger partial charge in [0.15, 0.2) is 0 Å². The van der Waals surface area contributed by atoms with Crippen molar-refractivity contribution in [1.82, 2.24) is 24.8 Å². The zero-order valence-electron chi connectivity index (χ0n) is 21.7. The van der Waals surface area contributed by atoms with Gasteiger partial charge in [0.05, 0.1) is 22.9 Å². The molecule has 8 heteroatoms. The number of nitrogens with one attached hydrogen (secondary N) is 1. The van der Waals surface area contributed by atoms with Crippen molar-refractivity contribution in [2.24, 2.45) is 0 Å². The molecule has 37 heavy (non-hydrogen) atoms. The van der Waals surface area contributed by atoms with E-state index < -0.39 is 0 Å². The van der Waals surface area contributed by atoms with E-state index in [4.69, 9.17) is 10.7 Å². The summed E-state index contributed by atoms with van der Waals surface area (Å²) in [5, 5.41) is 4.83. The van der Waals surface area contributed by atoms with Crippen molar-refractivity contribution in [3.63, 3.8) is 0 Å². The molecule has 5 rings (SSSR count). The minimum Gasteiger partial charge on any atom is -0.368 e. The average Bonchev–Trinajstić information content (AvgIpc) is 2.91. The number of aryl methyl sites for hydroxylation is 1. The van der Waals surface area contributed by atoms with E-state index in [1.807, 2.05) is 43.3 Å². The lowest BCUT2D eigenvalue weighted by molar-refractivity contribution is 0.311. The van der Waals surface area contributed by atoms with Gasteiger partial charge in [0, 0.05) is 48.9 Å². The molecule has 1 unspecified atom stereocenters. The van der Waals surface area contributed by atoms with Crippen LogP contribution in [0.2, 0.25) is 0 Å². The highest BCUT2D eigenvalue weighted by Crippen LogP contribution is 2.34. The molecule has 1 atom stereocenters. The summed E-state index contributed by atoms with van der Waals surface area (Å²) in [5.41, 5.74) is 10.9. The molecule has 1 aliphatic heterocycles. The first-order valence-corrected chi connectivity index (χ1v) is 12.8. The van der Waals surface area contributed by atoms with Gasteiger partial charge in [-0.05, 0) is 56.8 Å². The van der Waals surface area contributed by atoms with Crippen LogP contribution in [-0.2, 0) is 0 Å². The van der Waals surface area contributed by atoms with E-state index in [2.05, 4.69) is 68.3 Å². The van der Waals surface area contributed by atoms with Gasteiger partial charge < -0.3 is 20.9 Å². The molecule has 0 bridgehead atoms. The highest BCUT2D eigenvalue weighted by atomic mass is 15.3. The molecule has 1 aliphatic rings. The maximum absolute atomic E-state index is 6.10. The quantitative estimate of drug-likeness (QED) is 0.378. The van der Waals surface area contributed by atoms with E-state index in [9.17, 15) is 0 Å². The number of rotatable bonds is 7. The van der Waals surface area contributed by atoms with Crippen LogP contribution in [0.4, 0.5) is 17.6 Å². The molecule has 0 radical (unpaired) electrons. The highest BCUT2D eigenvalue weighted by Gasteiger charge is 2.24. The number of pyridine rings is 2. The van der Waals surface area contributed by atoms with Crippen LogP contribution < -0.4 is 16.0 Å². The largest absolute Gasteiger partial charge is 0.368 e. The van der Waals surface area contributed by atoms with Crippen LogP contribution in [0.15, 0.2) is 54.7 Å². The number of benzene rings is 1. The van der Waals surface area contributed by atoms with Crippen LogP contribution >= 0.6 is 0 Å². The average molecular weight is 495 g/mol. The summed E-state index contributed by atoms with van der Waals surface area (Å²) in [5.74, 6) is 2.00. The van der Waals surface area contributed by atoms with Crippen LogP contribution in [0.5, 0.6) is 0 Å². The standard InChI is InChI=1S/C29H34N8/c1-4-25(33-27-23(20(2)32-29(30)35-27)13-12-22-10-7-8-14-31-22)24-19-21-9-5-6-11-26(21)34-28(24)37-17-15-36(3)16-18-37/h5-14,19,25H,4,15-18H2,1-3H3,(H3,30,32,33,35)/b13-12+. The van der Waals surface area contributed by atoms with Gasteiger partial charge in [-0.3, -0.25) is 4.98 Å². The fraction of sp³-hybridized carbons (Fsp3) is 0.310. The van der Waals surface area contributed by atoms with Crippen molar-refractivity contribution < 1.29 is 0 Å². The molecule has 8 nitrogen and oxygen atoms in total. The second-order valence-electron chi connectivity index (χ2n) is 9.51. The van der Waals surface area contributed by atoms with Crippen LogP contribution in [-0.4, -0.2) is 58.1 Å². The predicted molar refractivity (Wildman–Crippen MR) is 152 cm³/mol. The third-order valence-corrected chi connectivity index (χ3v) is 6.89. The summed E-state index contributed by atoms with van der Waals surface area (Å²) < 4.78 is 0. The molecule has 3 aromatic heterocycles. The number of aromatic nitrogens is 4. The molecular formula is C29H34N8. The van der Waals surface area contributed by atoms with Crippen molar-refractivity contribution in [2.45, 2.75) is 26.3 Å². The van der Waals surface area contributed by atoms with Crippen molar-refractivity contribution in [1.29, 1.82) is 0 Å². The number of nitrogen functional groups attached to an aromatic ring is 1. The van der Waals surface area contributed by atoms with Gasteiger partial charge in [-0.2, -0.15) is 4.98 Å². The first-order valence-electron chi connectivity index (χ1n) is 12.8. The molecule has 1 saturated heterocycles. The third kappa shape index (κ3) is 5.54. The van der Waals surface area contributed by atoms with E-state index in [0.717, 1.165) is 66.3 Å². The Morgan fingerprint density at radius 1 is 1.00 bits per heavy atom. The minimum atomic E-state index is -0.0116. The number of nitrogens with zero attached hydrogens (tertiary/aromatic N) is 6. The number of piperazine rings is 1. The Morgan fingerprint density at radius 3 is 2.54 bits per heavy atom. The molecule has 0 aliphatic carbocycles. The Bertz CT molecular complexity index is 1390. The summed E-state index contributed by atoms with van der Waals surface area (Å²) in [4.78, 5) is 23.4. The number of hydrogen-bond donors (Lipinski definition) is 2. The summed E-state index contributed by atoms with van der Waals surface area (Å²) >= 11 is 0. The number of likely N-dealkylation sites (N-methyl/N-ethyl adjacent to an activating group) is 1. The summed E-state index contributed by atoms with van der Waals surface area (Å²) in [7, 11) is 2.17. The maximum atomic E-state index is 6.10. The Morgan fingerprint density at radius 2 is 1.78 bits per heavy atom. The molecule has 3 N–H and O–H groups in total. The van der Waals surface area contributed by atoms with Gasteiger partial charge in [0.2, 0.25) is 5.95 Å².